The number of nitrogens with one attached hydrogen (secondary N) is 1. The second-order valence-electron chi connectivity index (χ2n) is 4.70. The molecule has 0 bridgehead atoms. The number of hydrogen-bond acceptors (Lipinski definition) is 5. The molecule has 0 unspecified atom stereocenters. The highest BCUT2D eigenvalue weighted by molar-refractivity contribution is 7.89. The SMILES string of the molecule is CCc1ccc(/C=N/NS(=O)(=O)c2cccc([N+](=O)[O-])c2)cc1. The van der Waals surface area contributed by atoms with Crippen molar-refractivity contribution < 1.29 is 13.3 Å². The second kappa shape index (κ2) is 7.01. The number of nitro benzene ring substituents is 1. The Hall–Kier alpha value is -2.74. The molecule has 23 heavy (non-hydrogen) atoms. The Morgan fingerprint density at radius 2 is 1.91 bits per heavy atom. The van der Waals surface area contributed by atoms with Gasteiger partial charge in [0.05, 0.1) is 16.0 Å². The van der Waals surface area contributed by atoms with Crippen LogP contribution in [0.5, 0.6) is 0 Å². The maximum absolute atomic E-state index is 12.1. The van der Waals surface area contributed by atoms with Crippen LogP contribution in [0, 0.1) is 10.1 Å². The molecular weight excluding hydrogens is 318 g/mol. The Morgan fingerprint density at radius 1 is 1.22 bits per heavy atom. The first-order valence-corrected chi connectivity index (χ1v) is 8.29. The van der Waals surface area contributed by atoms with Gasteiger partial charge < -0.3 is 0 Å². The minimum absolute atomic E-state index is 0.217. The van der Waals surface area contributed by atoms with Crippen molar-refractivity contribution in [2.45, 2.75) is 18.2 Å². The normalized spacial score (nSPS) is 11.5. The first kappa shape index (κ1) is 16.6. The third-order valence-corrected chi connectivity index (χ3v) is 4.33. The number of aryl methyl sites for hydroxylation is 1. The summed E-state index contributed by atoms with van der Waals surface area (Å²) in [6.45, 7) is 2.04. The molecule has 2 rings (SSSR count). The van der Waals surface area contributed by atoms with Gasteiger partial charge in [-0.05, 0) is 23.6 Å². The van der Waals surface area contributed by atoms with E-state index in [2.05, 4.69) is 5.10 Å². The lowest BCUT2D eigenvalue weighted by Crippen LogP contribution is -2.18. The van der Waals surface area contributed by atoms with Crippen molar-refractivity contribution in [3.8, 4) is 0 Å². The van der Waals surface area contributed by atoms with Gasteiger partial charge in [0.25, 0.3) is 15.7 Å². The average molecular weight is 333 g/mol. The molecule has 120 valence electrons. The number of non-ortho nitro benzene ring substituents is 1. The zero-order valence-electron chi connectivity index (χ0n) is 12.3. The molecule has 0 aromatic heterocycles. The highest BCUT2D eigenvalue weighted by atomic mass is 32.2. The van der Waals surface area contributed by atoms with E-state index in [4.69, 9.17) is 0 Å². The van der Waals surface area contributed by atoms with Crippen molar-refractivity contribution in [3.05, 3.63) is 69.8 Å². The fourth-order valence-electron chi connectivity index (χ4n) is 1.83. The van der Waals surface area contributed by atoms with Gasteiger partial charge in [-0.15, -0.1) is 0 Å². The lowest BCUT2D eigenvalue weighted by molar-refractivity contribution is -0.385. The summed E-state index contributed by atoms with van der Waals surface area (Å²) < 4.78 is 24.1. The summed E-state index contributed by atoms with van der Waals surface area (Å²) in [6, 6.07) is 12.3. The van der Waals surface area contributed by atoms with Gasteiger partial charge in [0.1, 0.15) is 0 Å². The smallest absolute Gasteiger partial charge is 0.258 e. The van der Waals surface area contributed by atoms with Crippen LogP contribution in [0.2, 0.25) is 0 Å². The Labute approximate surface area is 133 Å². The second-order valence-corrected chi connectivity index (χ2v) is 6.36. The molecule has 0 saturated carbocycles. The summed E-state index contributed by atoms with van der Waals surface area (Å²) >= 11 is 0. The van der Waals surface area contributed by atoms with Crippen molar-refractivity contribution in [1.29, 1.82) is 0 Å². The number of benzene rings is 2. The molecule has 0 aliphatic carbocycles. The van der Waals surface area contributed by atoms with E-state index in [-0.39, 0.29) is 10.6 Å². The summed E-state index contributed by atoms with van der Waals surface area (Å²) in [4.78, 5) is 11.9. The molecule has 0 radical (unpaired) electrons. The summed E-state index contributed by atoms with van der Waals surface area (Å²) in [5.41, 5.74) is 1.61. The van der Waals surface area contributed by atoms with Crippen molar-refractivity contribution in [2.75, 3.05) is 0 Å². The van der Waals surface area contributed by atoms with Gasteiger partial charge in [-0.3, -0.25) is 10.1 Å². The fraction of sp³-hybridized carbons (Fsp3) is 0.133. The molecule has 7 nitrogen and oxygen atoms in total. The van der Waals surface area contributed by atoms with Crippen molar-refractivity contribution >= 4 is 21.9 Å². The van der Waals surface area contributed by atoms with Crippen molar-refractivity contribution in [1.82, 2.24) is 4.83 Å². The Bertz CT molecular complexity index is 830. The molecule has 0 aliphatic rings. The van der Waals surface area contributed by atoms with Gasteiger partial charge in [-0.25, -0.2) is 4.83 Å². The third kappa shape index (κ3) is 4.36. The zero-order valence-corrected chi connectivity index (χ0v) is 13.2. The standard InChI is InChI=1S/C15H15N3O4S/c1-2-12-6-8-13(9-7-12)11-16-17-23(21,22)15-5-3-4-14(10-15)18(19)20/h3-11,17H,2H2,1H3/b16-11+. The van der Waals surface area contributed by atoms with Gasteiger partial charge in [-0.1, -0.05) is 37.3 Å². The van der Waals surface area contributed by atoms with Gasteiger partial charge in [0.15, 0.2) is 0 Å². The summed E-state index contributed by atoms with van der Waals surface area (Å²) in [5, 5.41) is 14.4. The maximum Gasteiger partial charge on any atom is 0.276 e. The van der Waals surface area contributed by atoms with E-state index >= 15 is 0 Å². The molecule has 0 spiro atoms. The van der Waals surface area contributed by atoms with Crippen molar-refractivity contribution in [2.24, 2.45) is 5.10 Å². The molecular formula is C15H15N3O4S. The van der Waals surface area contributed by atoms with Gasteiger partial charge >= 0.3 is 0 Å². The molecule has 0 saturated heterocycles. The van der Waals surface area contributed by atoms with E-state index in [1.54, 1.807) is 0 Å². The molecule has 2 aromatic rings. The summed E-state index contributed by atoms with van der Waals surface area (Å²) in [5.74, 6) is 0. The topological polar surface area (TPSA) is 102 Å². The number of hydrogen-bond donors (Lipinski definition) is 1. The van der Waals surface area contributed by atoms with Gasteiger partial charge in [0, 0.05) is 12.1 Å². The van der Waals surface area contributed by atoms with Crippen molar-refractivity contribution in [3.63, 3.8) is 0 Å². The van der Waals surface area contributed by atoms with Crippen LogP contribution < -0.4 is 4.83 Å². The van der Waals surface area contributed by atoms with Crippen LogP contribution in [0.4, 0.5) is 5.69 Å². The fourth-order valence-corrected chi connectivity index (χ4v) is 2.66. The van der Waals surface area contributed by atoms with E-state index in [0.29, 0.717) is 0 Å². The van der Waals surface area contributed by atoms with Gasteiger partial charge in [-0.2, -0.15) is 13.5 Å². The minimum atomic E-state index is -3.95. The summed E-state index contributed by atoms with van der Waals surface area (Å²) in [6.07, 6.45) is 2.28. The highest BCUT2D eigenvalue weighted by Crippen LogP contribution is 2.17. The van der Waals surface area contributed by atoms with Crippen LogP contribution in [-0.4, -0.2) is 19.6 Å². The Morgan fingerprint density at radius 3 is 2.52 bits per heavy atom. The average Bonchev–Trinajstić information content (AvgIpc) is 2.55. The quantitative estimate of drug-likeness (QED) is 0.498. The molecule has 2 aromatic carbocycles. The number of rotatable bonds is 6. The molecule has 0 atom stereocenters. The Kier molecular flexibility index (Phi) is 5.07. The predicted octanol–water partition coefficient (Wildman–Crippen LogP) is 2.47. The molecule has 0 fully saturated rings. The number of nitrogens with zero attached hydrogens (tertiary/aromatic N) is 2. The first-order valence-electron chi connectivity index (χ1n) is 6.80. The van der Waals surface area contributed by atoms with Crippen LogP contribution in [0.1, 0.15) is 18.1 Å². The van der Waals surface area contributed by atoms with E-state index in [9.17, 15) is 18.5 Å². The van der Waals surface area contributed by atoms with E-state index < -0.39 is 14.9 Å². The molecule has 8 heteroatoms. The van der Waals surface area contributed by atoms with E-state index in [0.717, 1.165) is 18.1 Å². The highest BCUT2D eigenvalue weighted by Gasteiger charge is 2.16. The van der Waals surface area contributed by atoms with Crippen LogP contribution in [0.25, 0.3) is 0 Å². The number of sulfonamides is 1. The predicted molar refractivity (Wildman–Crippen MR) is 86.8 cm³/mol. The van der Waals surface area contributed by atoms with Crippen LogP contribution >= 0.6 is 0 Å². The monoisotopic (exact) mass is 333 g/mol. The molecule has 1 N–H and O–H groups in total. The van der Waals surface area contributed by atoms with E-state index in [1.165, 1.54) is 30.0 Å². The van der Waals surface area contributed by atoms with Crippen LogP contribution in [0.15, 0.2) is 58.5 Å². The molecule has 0 amide bonds. The van der Waals surface area contributed by atoms with E-state index in [1.807, 2.05) is 36.0 Å². The lowest BCUT2D eigenvalue weighted by Gasteiger charge is -2.03. The summed E-state index contributed by atoms with van der Waals surface area (Å²) in [7, 11) is -3.95. The molecule has 0 aliphatic heterocycles. The first-order chi connectivity index (χ1) is 10.9. The van der Waals surface area contributed by atoms with Gasteiger partial charge in [0.2, 0.25) is 0 Å². The minimum Gasteiger partial charge on any atom is -0.258 e. The zero-order chi connectivity index (χ0) is 16.9. The number of nitro groups is 1. The molecule has 0 heterocycles. The van der Waals surface area contributed by atoms with Crippen LogP contribution in [0.3, 0.4) is 0 Å². The number of hydrazone groups is 1. The van der Waals surface area contributed by atoms with Crippen LogP contribution in [-0.2, 0) is 16.4 Å². The lowest BCUT2D eigenvalue weighted by atomic mass is 10.1. The maximum atomic E-state index is 12.1. The Balaban J connectivity index is 2.13. The largest absolute Gasteiger partial charge is 0.276 e. The third-order valence-electron chi connectivity index (χ3n) is 3.11.